The summed E-state index contributed by atoms with van der Waals surface area (Å²) in [5.74, 6) is -1.31. The Kier molecular flexibility index (Phi) is 5.46. The molecule has 0 aliphatic heterocycles. The molecule has 0 saturated heterocycles. The number of rotatable bonds is 3. The predicted molar refractivity (Wildman–Crippen MR) is 93.6 cm³/mol. The van der Waals surface area contributed by atoms with Crippen LogP contribution in [-0.4, -0.2) is 25.7 Å². The van der Waals surface area contributed by atoms with Gasteiger partial charge in [0, 0.05) is 36.9 Å². The summed E-state index contributed by atoms with van der Waals surface area (Å²) >= 11 is 5.92. The number of carbonyl (C=O) groups is 1. The van der Waals surface area contributed by atoms with E-state index in [1.54, 1.807) is 0 Å². The quantitative estimate of drug-likeness (QED) is 0.582. The molecule has 0 unspecified atom stereocenters. The molecule has 3 rings (SSSR count). The molecule has 158 valence electrons. The second kappa shape index (κ2) is 7.59. The van der Waals surface area contributed by atoms with Crippen molar-refractivity contribution in [2.45, 2.75) is 12.4 Å². The summed E-state index contributed by atoms with van der Waals surface area (Å²) in [6, 6.07) is 2.71. The number of nitrogens with one attached hydrogen (secondary N) is 1. The molecule has 0 atom stereocenters. The lowest BCUT2D eigenvalue weighted by Gasteiger charge is -2.12. The molecule has 0 fully saturated rings. The number of aromatic nitrogens is 4. The van der Waals surface area contributed by atoms with Crippen molar-refractivity contribution in [3.05, 3.63) is 58.8 Å². The Labute approximate surface area is 169 Å². The number of anilines is 1. The molecule has 3 aromatic heterocycles. The molecule has 30 heavy (non-hydrogen) atoms. The van der Waals surface area contributed by atoms with Crippen molar-refractivity contribution in [1.82, 2.24) is 19.7 Å². The van der Waals surface area contributed by atoms with Crippen LogP contribution in [0.2, 0.25) is 5.02 Å². The summed E-state index contributed by atoms with van der Waals surface area (Å²) in [4.78, 5) is 19.4. The second-order valence-electron chi connectivity index (χ2n) is 5.93. The van der Waals surface area contributed by atoms with Gasteiger partial charge < -0.3 is 5.32 Å². The third kappa shape index (κ3) is 4.22. The van der Waals surface area contributed by atoms with Crippen LogP contribution >= 0.6 is 11.6 Å². The fourth-order valence-electron chi connectivity index (χ4n) is 2.66. The Bertz CT molecular complexity index is 1110. The van der Waals surface area contributed by atoms with Crippen molar-refractivity contribution >= 4 is 23.2 Å². The fraction of sp³-hybridized carbons (Fsp3) is 0.176. The summed E-state index contributed by atoms with van der Waals surface area (Å²) in [6.07, 6.45) is -6.73. The van der Waals surface area contributed by atoms with Gasteiger partial charge in [0.05, 0.1) is 5.02 Å². The van der Waals surface area contributed by atoms with Crippen LogP contribution in [0.3, 0.4) is 0 Å². The maximum Gasteiger partial charge on any atom is 0.433 e. The molecule has 0 aliphatic rings. The molecule has 3 heterocycles. The van der Waals surface area contributed by atoms with Crippen LogP contribution in [0.1, 0.15) is 21.7 Å². The van der Waals surface area contributed by atoms with E-state index in [4.69, 9.17) is 11.6 Å². The van der Waals surface area contributed by atoms with Gasteiger partial charge in [0.25, 0.3) is 5.91 Å². The van der Waals surface area contributed by atoms with E-state index in [1.807, 2.05) is 5.32 Å². The molecule has 0 aromatic carbocycles. The number of hydrogen-bond acceptors (Lipinski definition) is 4. The maximum atomic E-state index is 13.8. The Balaban J connectivity index is 2.08. The van der Waals surface area contributed by atoms with Crippen LogP contribution in [0.15, 0.2) is 36.8 Å². The van der Waals surface area contributed by atoms with E-state index in [1.165, 1.54) is 12.3 Å². The predicted octanol–water partition coefficient (Wildman–Crippen LogP) is 4.82. The van der Waals surface area contributed by atoms with Crippen molar-refractivity contribution in [2.75, 3.05) is 5.32 Å². The normalized spacial score (nSPS) is 12.1. The highest BCUT2D eigenvalue weighted by atomic mass is 35.5. The molecule has 6 nitrogen and oxygen atoms in total. The first kappa shape index (κ1) is 21.6. The molecule has 0 aliphatic carbocycles. The third-order valence-electron chi connectivity index (χ3n) is 3.88. The van der Waals surface area contributed by atoms with Gasteiger partial charge in [0.2, 0.25) is 0 Å². The van der Waals surface area contributed by atoms with Gasteiger partial charge in [-0.25, -0.2) is 0 Å². The number of carbonyl (C=O) groups excluding carboxylic acids is 1. The van der Waals surface area contributed by atoms with E-state index in [0.717, 1.165) is 25.5 Å². The zero-order valence-electron chi connectivity index (χ0n) is 14.8. The van der Waals surface area contributed by atoms with Crippen LogP contribution in [0.25, 0.3) is 11.3 Å². The molecule has 13 heteroatoms. The summed E-state index contributed by atoms with van der Waals surface area (Å²) in [7, 11) is 1.09. The first-order valence-electron chi connectivity index (χ1n) is 7.98. The maximum absolute atomic E-state index is 13.8. The van der Waals surface area contributed by atoms with E-state index in [2.05, 4.69) is 15.1 Å². The minimum atomic E-state index is -5.02. The molecule has 0 spiro atoms. The van der Waals surface area contributed by atoms with E-state index in [0.29, 0.717) is 10.7 Å². The number of amides is 1. The Morgan fingerprint density at radius 1 is 1.10 bits per heavy atom. The monoisotopic (exact) mass is 449 g/mol. The summed E-state index contributed by atoms with van der Waals surface area (Å²) in [5.41, 5.74) is -4.73. The average molecular weight is 450 g/mol. The van der Waals surface area contributed by atoms with E-state index >= 15 is 0 Å². The summed E-state index contributed by atoms with van der Waals surface area (Å²) in [6.45, 7) is 0. The van der Waals surface area contributed by atoms with Crippen molar-refractivity contribution in [2.24, 2.45) is 7.05 Å². The van der Waals surface area contributed by atoms with Crippen LogP contribution in [0.5, 0.6) is 0 Å². The average Bonchev–Trinajstić information content (AvgIpc) is 2.99. The number of hydrogen-bond donors (Lipinski definition) is 1. The first-order valence-corrected chi connectivity index (χ1v) is 8.36. The number of aryl methyl sites for hydroxylation is 1. The number of halogens is 7. The van der Waals surface area contributed by atoms with E-state index < -0.39 is 40.9 Å². The molecular formula is C17H10ClF6N5O. The molecule has 0 bridgehead atoms. The Hall–Kier alpha value is -3.15. The molecule has 0 saturated carbocycles. The third-order valence-corrected chi connectivity index (χ3v) is 4.18. The largest absolute Gasteiger partial charge is 0.433 e. The van der Waals surface area contributed by atoms with Gasteiger partial charge in [-0.1, -0.05) is 11.6 Å². The van der Waals surface area contributed by atoms with Gasteiger partial charge >= 0.3 is 12.4 Å². The molecule has 1 amide bonds. The van der Waals surface area contributed by atoms with Gasteiger partial charge in [0.15, 0.2) is 0 Å². The highest BCUT2D eigenvalue weighted by molar-refractivity contribution is 6.33. The molecule has 3 aromatic rings. The first-order chi connectivity index (χ1) is 13.9. The second-order valence-corrected chi connectivity index (χ2v) is 6.34. The topological polar surface area (TPSA) is 72.7 Å². The SMILES string of the molecule is Cn1nc(-c2ccncc2Cl)c(C(F)(F)F)c1C(=O)Nc1ccnc(C(F)(F)F)c1. The van der Waals surface area contributed by atoms with Crippen LogP contribution in [0.4, 0.5) is 32.0 Å². The smallest absolute Gasteiger partial charge is 0.321 e. The van der Waals surface area contributed by atoms with Gasteiger partial charge in [-0.3, -0.25) is 19.4 Å². The van der Waals surface area contributed by atoms with Crippen LogP contribution < -0.4 is 5.32 Å². The molecule has 0 radical (unpaired) electrons. The Morgan fingerprint density at radius 2 is 1.80 bits per heavy atom. The van der Waals surface area contributed by atoms with Crippen LogP contribution in [0, 0.1) is 0 Å². The summed E-state index contributed by atoms with van der Waals surface area (Å²) in [5, 5.41) is 5.65. The zero-order valence-corrected chi connectivity index (χ0v) is 15.6. The van der Waals surface area contributed by atoms with Gasteiger partial charge in [-0.15, -0.1) is 0 Å². The van der Waals surface area contributed by atoms with E-state index in [-0.39, 0.29) is 16.3 Å². The van der Waals surface area contributed by atoms with Crippen molar-refractivity contribution in [3.8, 4) is 11.3 Å². The highest BCUT2D eigenvalue weighted by Crippen LogP contribution is 2.41. The number of nitrogens with zero attached hydrogens (tertiary/aromatic N) is 4. The van der Waals surface area contributed by atoms with Gasteiger partial charge in [-0.05, 0) is 18.2 Å². The highest BCUT2D eigenvalue weighted by Gasteiger charge is 2.42. The lowest BCUT2D eigenvalue weighted by Crippen LogP contribution is -2.21. The van der Waals surface area contributed by atoms with E-state index in [9.17, 15) is 31.1 Å². The standard InChI is InChI=1S/C17H10ClF6N5O/c1-29-14(15(30)27-8-2-5-26-11(6-8)16(19,20)21)12(17(22,23)24)13(28-29)9-3-4-25-7-10(9)18/h2-7H,1H3,(H,26,27,30). The van der Waals surface area contributed by atoms with Gasteiger partial charge in [-0.2, -0.15) is 31.4 Å². The minimum Gasteiger partial charge on any atom is -0.321 e. The minimum absolute atomic E-state index is 0.114. The van der Waals surface area contributed by atoms with Crippen molar-refractivity contribution in [1.29, 1.82) is 0 Å². The Morgan fingerprint density at radius 3 is 2.40 bits per heavy atom. The van der Waals surface area contributed by atoms with Crippen molar-refractivity contribution < 1.29 is 31.1 Å². The van der Waals surface area contributed by atoms with Crippen LogP contribution in [-0.2, 0) is 19.4 Å². The number of pyridine rings is 2. The molecular weight excluding hydrogens is 440 g/mol. The number of alkyl halides is 6. The molecule has 1 N–H and O–H groups in total. The van der Waals surface area contributed by atoms with Crippen molar-refractivity contribution in [3.63, 3.8) is 0 Å². The fourth-order valence-corrected chi connectivity index (χ4v) is 2.87. The summed E-state index contributed by atoms with van der Waals surface area (Å²) < 4.78 is 80.5. The lowest BCUT2D eigenvalue weighted by molar-refractivity contribution is -0.141. The zero-order chi connectivity index (χ0) is 22.3. The van der Waals surface area contributed by atoms with Gasteiger partial charge in [0.1, 0.15) is 22.6 Å². The lowest BCUT2D eigenvalue weighted by atomic mass is 10.1.